The van der Waals surface area contributed by atoms with Gasteiger partial charge in [-0.3, -0.25) is 0 Å². The smallest absolute Gasteiger partial charge is 0.333 e. The topological polar surface area (TPSA) is 8.17 Å². The Labute approximate surface area is 451 Å². The number of hydrogen-bond donors (Lipinski definition) is 0. The predicted molar refractivity (Wildman–Crippen MR) is 327 cm³/mol. The zero-order chi connectivity index (χ0) is 50.2. The van der Waals surface area contributed by atoms with Crippen LogP contribution < -0.4 is 15.8 Å². The minimum absolute atomic E-state index is 0.0272. The molecule has 0 saturated heterocycles. The van der Waals surface area contributed by atoms with Gasteiger partial charge in [-0.2, -0.15) is 0 Å². The van der Waals surface area contributed by atoms with E-state index in [0.29, 0.717) is 5.41 Å². The fourth-order valence-electron chi connectivity index (χ4n) is 17.4. The highest BCUT2D eigenvalue weighted by Crippen LogP contribution is 2.58. The fourth-order valence-corrected chi connectivity index (χ4v) is 18.6. The third-order valence-electron chi connectivity index (χ3n) is 20.9. The first kappa shape index (κ1) is 44.5. The molecule has 4 heterocycles. The lowest BCUT2D eigenvalue weighted by Gasteiger charge is -2.46. The zero-order valence-corrected chi connectivity index (χ0v) is 45.3. The third-order valence-corrected chi connectivity index (χ3v) is 22.0. The van der Waals surface area contributed by atoms with Crippen molar-refractivity contribution >= 4 is 110 Å². The van der Waals surface area contributed by atoms with Crippen molar-refractivity contribution in [3.05, 3.63) is 174 Å². The molecule has 6 aliphatic rings. The van der Waals surface area contributed by atoms with Gasteiger partial charge in [-0.15, -0.1) is 11.3 Å². The Morgan fingerprint density at radius 2 is 1.20 bits per heavy atom. The summed E-state index contributed by atoms with van der Waals surface area (Å²) in [5.74, 6) is 1.72. The lowest BCUT2D eigenvalue weighted by atomic mass is 9.44. The molecular weight excluding hydrogens is 936 g/mol. The number of nitrogens with zero attached hydrogens (tertiary/aromatic N) is 2. The molecule has 17 rings (SSSR count). The van der Waals surface area contributed by atoms with Crippen molar-refractivity contribution in [3.63, 3.8) is 0 Å². The van der Waals surface area contributed by atoms with Crippen LogP contribution >= 0.6 is 11.3 Å². The predicted octanol–water partition coefficient (Wildman–Crippen LogP) is 19.1. The quantitative estimate of drug-likeness (QED) is 0.160. The first-order valence-electron chi connectivity index (χ1n) is 29.3. The maximum absolute atomic E-state index is 2.89. The first-order chi connectivity index (χ1) is 37.2. The van der Waals surface area contributed by atoms with E-state index in [-0.39, 0.29) is 17.7 Å². The molecule has 4 bridgehead atoms. The molecule has 0 amide bonds. The number of hydrogen-bond acceptors (Lipinski definition) is 2. The summed E-state index contributed by atoms with van der Waals surface area (Å²) >= 11 is 1.96. The van der Waals surface area contributed by atoms with Crippen molar-refractivity contribution in [3.8, 4) is 22.3 Å². The van der Waals surface area contributed by atoms with Crippen LogP contribution in [0.4, 0.5) is 17.1 Å². The molecule has 0 atom stereocenters. The lowest BCUT2D eigenvalue weighted by Crippen LogP contribution is -2.56. The van der Waals surface area contributed by atoms with Gasteiger partial charge >= 0.3 is 6.85 Å². The molecule has 4 heteroatoms. The van der Waals surface area contributed by atoms with E-state index in [1.54, 1.807) is 11.1 Å². The summed E-state index contributed by atoms with van der Waals surface area (Å²) in [6.45, 7) is 7.04. The third kappa shape index (κ3) is 6.23. The van der Waals surface area contributed by atoms with Gasteiger partial charge in [0, 0.05) is 58.8 Å². The van der Waals surface area contributed by atoms with Crippen LogP contribution in [0.15, 0.2) is 158 Å². The van der Waals surface area contributed by atoms with Crippen LogP contribution in [0.5, 0.6) is 0 Å². The maximum Gasteiger partial charge on any atom is 0.333 e. The van der Waals surface area contributed by atoms with E-state index in [4.69, 9.17) is 0 Å². The Morgan fingerprint density at radius 3 is 1.93 bits per heavy atom. The molecule has 4 fully saturated rings. The summed E-state index contributed by atoms with van der Waals surface area (Å²) in [4.78, 5) is 2.78. The van der Waals surface area contributed by atoms with Crippen LogP contribution in [0.25, 0.3) is 85.8 Å². The van der Waals surface area contributed by atoms with Crippen LogP contribution in [-0.2, 0) is 16.2 Å². The second kappa shape index (κ2) is 16.0. The summed E-state index contributed by atoms with van der Waals surface area (Å²) in [5.41, 5.74) is 20.1. The molecule has 4 saturated carbocycles. The lowest BCUT2D eigenvalue weighted by molar-refractivity contribution is 0.149. The Bertz CT molecular complexity index is 4260. The van der Waals surface area contributed by atoms with Gasteiger partial charge in [0.25, 0.3) is 0 Å². The zero-order valence-electron chi connectivity index (χ0n) is 44.4. The van der Waals surface area contributed by atoms with Crippen molar-refractivity contribution in [2.75, 3.05) is 4.90 Å². The summed E-state index contributed by atoms with van der Waals surface area (Å²) in [6.07, 6.45) is 19.1. The van der Waals surface area contributed by atoms with Gasteiger partial charge in [0.15, 0.2) is 0 Å². The van der Waals surface area contributed by atoms with Crippen LogP contribution in [0.2, 0.25) is 0 Å². The van der Waals surface area contributed by atoms with Crippen molar-refractivity contribution in [1.82, 2.24) is 4.48 Å². The molecule has 0 spiro atoms. The molecular formula is C72H65BN2S. The highest BCUT2D eigenvalue weighted by molar-refractivity contribution is 7.26. The molecule has 2 nitrogen and oxygen atoms in total. The second-order valence-corrected chi connectivity index (χ2v) is 27.0. The SMILES string of the molecule is CC(C)(C)c1ccc(N2c3cc4ccccc4c4c3B(c3ccc5sc6cc7ccccc7cc6c5c32)n2c3ccc(C56CCCC(CCC5)C6)cc3c3cc(C56CCCC(CCC5)C6)cc-4c32)c(-c2ccccc2)c1. The average Bonchev–Trinajstić information content (AvgIpc) is 4.16. The van der Waals surface area contributed by atoms with Crippen LogP contribution in [-0.4, -0.2) is 11.3 Å². The minimum atomic E-state index is -0.0438. The second-order valence-electron chi connectivity index (χ2n) is 26.0. The van der Waals surface area contributed by atoms with Gasteiger partial charge in [0.2, 0.25) is 0 Å². The molecule has 11 aromatic rings. The van der Waals surface area contributed by atoms with Crippen molar-refractivity contribution in [2.24, 2.45) is 11.8 Å². The van der Waals surface area contributed by atoms with Gasteiger partial charge in [-0.25, -0.2) is 0 Å². The van der Waals surface area contributed by atoms with E-state index in [1.165, 1.54) is 209 Å². The molecule has 4 aliphatic carbocycles. The summed E-state index contributed by atoms with van der Waals surface area (Å²) in [5, 5.41) is 11.0. The van der Waals surface area contributed by atoms with Gasteiger partial charge < -0.3 is 9.38 Å². The van der Waals surface area contributed by atoms with Crippen LogP contribution in [0.3, 0.4) is 0 Å². The standard InChI is InChI=1S/C72H65BN2S/c1-70(2,3)50-25-28-60(54(38-50)46-19-5-4-6-20-46)74-62-36-49-23-9-10-24-53(49)65-58-41-52(72-33-13-17-45(43-72)18-14-34-72)40-56-55-39-51(71-31-11-15-44(42-71)16-12-32-71)26-29-61(55)75(68(56)58)73(67(62)65)59-27-30-63-66(69(59)74)57-35-47-21-7-8-22-48(47)37-64(57)76-63/h4-10,19-30,35-41,44-45H,11-18,31-34,42-43H2,1-3H3. The number of aromatic nitrogens is 1. The van der Waals surface area contributed by atoms with Gasteiger partial charge in [-0.1, -0.05) is 169 Å². The van der Waals surface area contributed by atoms with E-state index in [0.717, 1.165) is 11.8 Å². The van der Waals surface area contributed by atoms with Gasteiger partial charge in [0.1, 0.15) is 0 Å². The van der Waals surface area contributed by atoms with E-state index < -0.39 is 0 Å². The normalized spacial score (nSPS) is 22.8. The first-order valence-corrected chi connectivity index (χ1v) is 30.1. The van der Waals surface area contributed by atoms with Crippen LogP contribution in [0.1, 0.15) is 127 Å². The van der Waals surface area contributed by atoms with Crippen molar-refractivity contribution in [1.29, 1.82) is 0 Å². The van der Waals surface area contributed by atoms with Crippen molar-refractivity contribution < 1.29 is 0 Å². The van der Waals surface area contributed by atoms with E-state index in [2.05, 4.69) is 188 Å². The molecule has 76 heavy (non-hydrogen) atoms. The Kier molecular flexibility index (Phi) is 9.36. The van der Waals surface area contributed by atoms with E-state index in [1.807, 2.05) is 11.3 Å². The van der Waals surface area contributed by atoms with Crippen LogP contribution in [0, 0.1) is 11.8 Å². The molecule has 2 aliphatic heterocycles. The largest absolute Gasteiger partial charge is 0.375 e. The van der Waals surface area contributed by atoms with Crippen molar-refractivity contribution in [2.45, 2.75) is 127 Å². The summed E-state index contributed by atoms with van der Waals surface area (Å²) in [7, 11) is 0. The fraction of sp³-hybridized carbons (Fsp3) is 0.306. The Balaban J connectivity index is 1.04. The van der Waals surface area contributed by atoms with E-state index in [9.17, 15) is 0 Å². The minimum Gasteiger partial charge on any atom is -0.375 e. The maximum atomic E-state index is 2.89. The summed E-state index contributed by atoms with van der Waals surface area (Å²) < 4.78 is 5.58. The number of rotatable bonds is 4. The molecule has 0 radical (unpaired) electrons. The average molecular weight is 1000 g/mol. The van der Waals surface area contributed by atoms with Gasteiger partial charge in [-0.05, 0) is 188 Å². The van der Waals surface area contributed by atoms with E-state index >= 15 is 0 Å². The molecule has 2 aromatic heterocycles. The number of fused-ring (bicyclic) bond motifs is 18. The Morgan fingerprint density at radius 1 is 0.526 bits per heavy atom. The molecule has 0 unspecified atom stereocenters. The molecule has 9 aromatic carbocycles. The monoisotopic (exact) mass is 1000 g/mol. The number of benzene rings is 9. The molecule has 0 N–H and O–H groups in total. The number of anilines is 3. The highest BCUT2D eigenvalue weighted by Gasteiger charge is 2.48. The Hall–Kier alpha value is -6.62. The summed E-state index contributed by atoms with van der Waals surface area (Å²) in [6, 6.07) is 63.4. The highest BCUT2D eigenvalue weighted by atomic mass is 32.1. The molecule has 372 valence electrons. The van der Waals surface area contributed by atoms with Gasteiger partial charge in [0.05, 0.1) is 11.4 Å². The number of thiophene rings is 1.